The number of ether oxygens (including phenoxy) is 2. The number of nitrogens with two attached hydrogens (primary N) is 1. The van der Waals surface area contributed by atoms with E-state index in [-0.39, 0.29) is 38.8 Å². The third kappa shape index (κ3) is 14.0. The number of H-pyrrole nitrogens is 1. The number of aromatic amines is 1. The molecule has 32 heteroatoms. The van der Waals surface area contributed by atoms with E-state index in [0.29, 0.717) is 41.6 Å². The Kier molecular flexibility index (Phi) is 19.2. The molecule has 4 aromatic heterocycles. The predicted molar refractivity (Wildman–Crippen MR) is 282 cm³/mol. The Morgan fingerprint density at radius 2 is 1.50 bits per heavy atom. The summed E-state index contributed by atoms with van der Waals surface area (Å²) < 4.78 is 141. The summed E-state index contributed by atoms with van der Waals surface area (Å²) in [6.07, 6.45) is -2.94. The number of carbonyl (C=O) groups excluding carboxylic acids is 2. The molecule has 82 heavy (non-hydrogen) atoms. The van der Waals surface area contributed by atoms with E-state index in [1.54, 1.807) is 11.6 Å². The predicted octanol–water partition coefficient (Wildman–Crippen LogP) is 7.96. The number of anilines is 2. The van der Waals surface area contributed by atoms with Gasteiger partial charge in [-0.05, 0) is 50.2 Å². The molecule has 0 aliphatic carbocycles. The van der Waals surface area contributed by atoms with Gasteiger partial charge in [0.15, 0.2) is 38.3 Å². The lowest BCUT2D eigenvalue weighted by Gasteiger charge is -2.27. The number of aryl methyl sites for hydroxylation is 2. The van der Waals surface area contributed by atoms with Crippen LogP contribution in [0, 0.1) is 24.4 Å². The zero-order valence-corrected chi connectivity index (χ0v) is 45.9. The molecular formula is C50H42Cl2F6N10O12S2. The van der Waals surface area contributed by atoms with Crippen molar-refractivity contribution in [3.8, 4) is 6.01 Å². The smallest absolute Gasteiger partial charge is 0.416 e. The first-order valence-electron chi connectivity index (χ1n) is 23.0. The number of aromatic carboxylic acids is 1. The van der Waals surface area contributed by atoms with Gasteiger partial charge in [-0.2, -0.15) is 31.1 Å². The van der Waals surface area contributed by atoms with Crippen LogP contribution in [-0.2, 0) is 53.1 Å². The van der Waals surface area contributed by atoms with Crippen molar-refractivity contribution in [2.45, 2.75) is 42.1 Å². The summed E-state index contributed by atoms with van der Waals surface area (Å²) in [5, 5.41) is 17.7. The zero-order chi connectivity index (χ0) is 60.6. The SMILES string of the molecule is CCOC(=O)C1=NOC(c2ccccc2)(c2ccccc2)C1.COc1ncc(F)c2nc(S(=O)(=O)Nc3c(F)cccc3F)nn12.Cc1[nH]n(C)c(=O)c1C(=O)c1ccc(C(F)(F)F)cc1S(C)(=O)=O.Nc1cc(Cl)nc(C(=O)O)c1Cl. The van der Waals surface area contributed by atoms with E-state index in [2.05, 4.69) is 30.3 Å². The third-order valence-corrected chi connectivity index (χ3v) is 14.0. The van der Waals surface area contributed by atoms with Gasteiger partial charge in [0.05, 0.1) is 47.5 Å². The highest BCUT2D eigenvalue weighted by molar-refractivity contribution is 7.92. The number of fused-ring (bicyclic) bond motifs is 1. The second-order valence-corrected chi connectivity index (χ2v) is 21.1. The Hall–Kier alpha value is -8.87. The van der Waals surface area contributed by atoms with Gasteiger partial charge in [0.1, 0.15) is 28.0 Å². The first-order chi connectivity index (χ1) is 38.4. The number of ketones is 1. The molecule has 22 nitrogen and oxygen atoms in total. The van der Waals surface area contributed by atoms with Crippen molar-refractivity contribution in [3.63, 3.8) is 0 Å². The fourth-order valence-corrected chi connectivity index (χ4v) is 9.65. The number of hydrogen-bond donors (Lipinski definition) is 4. The number of nitrogens with zero attached hydrogens (tertiary/aromatic N) is 7. The molecule has 8 aromatic rings. The van der Waals surface area contributed by atoms with Crippen LogP contribution in [0.2, 0.25) is 10.2 Å². The number of para-hydroxylation sites is 1. The van der Waals surface area contributed by atoms with Gasteiger partial charge >= 0.3 is 24.1 Å². The molecule has 0 atom stereocenters. The van der Waals surface area contributed by atoms with Crippen molar-refractivity contribution in [1.82, 2.24) is 34.3 Å². The molecule has 0 spiro atoms. The Morgan fingerprint density at radius 3 is 2.01 bits per heavy atom. The summed E-state index contributed by atoms with van der Waals surface area (Å²) >= 11 is 11.0. The molecule has 0 unspecified atom stereocenters. The molecule has 1 aliphatic rings. The molecule has 5 N–H and O–H groups in total. The van der Waals surface area contributed by atoms with Crippen LogP contribution in [0.3, 0.4) is 0 Å². The fourth-order valence-electron chi connectivity index (χ4n) is 7.42. The van der Waals surface area contributed by atoms with Crippen molar-refractivity contribution in [2.24, 2.45) is 12.2 Å². The molecule has 0 bridgehead atoms. The van der Waals surface area contributed by atoms with Crippen molar-refractivity contribution in [2.75, 3.05) is 30.4 Å². The van der Waals surface area contributed by atoms with Gasteiger partial charge in [-0.1, -0.05) is 95.1 Å². The van der Waals surface area contributed by atoms with Crippen LogP contribution in [0.4, 0.5) is 37.7 Å². The molecular weight excluding hydrogens is 1180 g/mol. The van der Waals surface area contributed by atoms with Gasteiger partial charge in [0.2, 0.25) is 5.78 Å². The molecule has 5 heterocycles. The van der Waals surface area contributed by atoms with Crippen LogP contribution < -0.4 is 20.8 Å². The maximum atomic E-state index is 13.7. The van der Waals surface area contributed by atoms with Gasteiger partial charge < -0.3 is 25.2 Å². The number of methoxy groups -OCH3 is 1. The second kappa shape index (κ2) is 25.3. The Morgan fingerprint density at radius 1 is 0.902 bits per heavy atom. The summed E-state index contributed by atoms with van der Waals surface area (Å²) in [6.45, 7) is 3.52. The van der Waals surface area contributed by atoms with E-state index < -0.39 is 105 Å². The fraction of sp³-hybridized carbons (Fsp3) is 0.180. The molecule has 0 saturated carbocycles. The van der Waals surface area contributed by atoms with Gasteiger partial charge in [0.25, 0.3) is 20.7 Å². The van der Waals surface area contributed by atoms with E-state index in [4.69, 9.17) is 48.4 Å². The van der Waals surface area contributed by atoms with Crippen molar-refractivity contribution < 1.29 is 77.0 Å². The Labute approximate surface area is 470 Å². The number of sulfone groups is 1. The number of nitrogen functional groups attached to an aromatic ring is 1. The van der Waals surface area contributed by atoms with Crippen molar-refractivity contribution in [1.29, 1.82) is 0 Å². The number of carbonyl (C=O) groups is 3. The number of nitrogens with one attached hydrogen (secondary N) is 2. The lowest BCUT2D eigenvalue weighted by molar-refractivity contribution is -0.138. The minimum absolute atomic E-state index is 0.00861. The summed E-state index contributed by atoms with van der Waals surface area (Å²) in [5.41, 5.74) is 2.70. The number of aromatic nitrogens is 7. The van der Waals surface area contributed by atoms with E-state index in [1.807, 2.05) is 60.7 Å². The number of pyridine rings is 1. The average molecular weight is 1220 g/mol. The number of oxime groups is 1. The maximum absolute atomic E-state index is 13.7. The number of benzene rings is 4. The standard InChI is InChI=1S/C18H17NO3.C14H13F3N2O4S.C12H8F3N5O3S.C6H4Cl2N2O2/c1-2-21-17(20)16-13-18(22-19-16,14-9-5-3-6-10-14)15-11-7-4-8-12-15;1-7-11(13(21)19(2)18-7)12(20)9-5-4-8(14(15,16)17)6-10(9)24(3,22)23;1-23-12-16-5-8(15)10-17-11(18-20(10)12)24(21,22)19-9-6(13)3-2-4-7(9)14;7-3-1-2(9)4(8)5(10-3)6(11)12/h3-12H,2,13H2,1H3;4-6,18H,1-3H3;2-5,19H,1H3;1H,(H2,9,10)(H,11,12). The summed E-state index contributed by atoms with van der Waals surface area (Å²) in [4.78, 5) is 62.5. The first-order valence-corrected chi connectivity index (χ1v) is 27.1. The number of rotatable bonds is 12. The van der Waals surface area contributed by atoms with Crippen LogP contribution in [0.15, 0.2) is 129 Å². The highest BCUT2D eigenvalue weighted by Gasteiger charge is 2.45. The molecule has 1 aliphatic heterocycles. The normalized spacial score (nSPS) is 12.7. The number of carboxylic acids is 1. The van der Waals surface area contributed by atoms with Crippen LogP contribution in [0.25, 0.3) is 5.65 Å². The van der Waals surface area contributed by atoms with E-state index >= 15 is 0 Å². The topological polar surface area (TPSA) is 312 Å². The van der Waals surface area contributed by atoms with E-state index in [9.17, 15) is 62.4 Å². The average Bonchev–Trinajstić information content (AvgIpc) is 3.55. The Bertz CT molecular complexity index is 4000. The largest absolute Gasteiger partial charge is 0.476 e. The number of carboxylic acid groups (broad SMARTS) is 1. The van der Waals surface area contributed by atoms with E-state index in [1.165, 1.54) is 27.1 Å². The minimum atomic E-state index is -4.76. The molecule has 4 aromatic carbocycles. The van der Waals surface area contributed by atoms with Gasteiger partial charge in [-0.25, -0.2) is 41.1 Å². The number of esters is 1. The van der Waals surface area contributed by atoms with Crippen molar-refractivity contribution in [3.05, 3.63) is 187 Å². The molecule has 0 amide bonds. The molecule has 0 saturated heterocycles. The van der Waals surface area contributed by atoms with Gasteiger partial charge in [-0.3, -0.25) is 24.1 Å². The monoisotopic (exact) mass is 1220 g/mol. The van der Waals surface area contributed by atoms with Crippen LogP contribution >= 0.6 is 23.2 Å². The Balaban J connectivity index is 0.000000180. The lowest BCUT2D eigenvalue weighted by atomic mass is 9.82. The van der Waals surface area contributed by atoms with Crippen LogP contribution in [0.5, 0.6) is 6.01 Å². The third-order valence-electron chi connectivity index (χ3n) is 11.2. The summed E-state index contributed by atoms with van der Waals surface area (Å²) in [5.74, 6) is -5.85. The molecule has 0 fully saturated rings. The van der Waals surface area contributed by atoms with Gasteiger partial charge in [0, 0.05) is 35.7 Å². The molecule has 432 valence electrons. The van der Waals surface area contributed by atoms with Gasteiger partial charge in [-0.15, -0.1) is 5.10 Å². The number of alkyl halides is 3. The second-order valence-electron chi connectivity index (χ2n) is 16.8. The highest BCUT2D eigenvalue weighted by Crippen LogP contribution is 2.41. The van der Waals surface area contributed by atoms with Crippen LogP contribution in [-0.4, -0.2) is 99.7 Å². The lowest BCUT2D eigenvalue weighted by Crippen LogP contribution is -2.29. The number of hydrogen-bond acceptors (Lipinski definition) is 17. The summed E-state index contributed by atoms with van der Waals surface area (Å²) in [6, 6.07) is 25.3. The molecule has 0 radical (unpaired) electrons. The minimum Gasteiger partial charge on any atom is -0.476 e. The zero-order valence-electron chi connectivity index (χ0n) is 42.8. The summed E-state index contributed by atoms with van der Waals surface area (Å²) in [7, 11) is -6.14. The van der Waals surface area contributed by atoms with Crippen LogP contribution in [0.1, 0.15) is 62.1 Å². The highest BCUT2D eigenvalue weighted by atomic mass is 35.5. The number of halogens is 8. The molecule has 9 rings (SSSR count). The maximum Gasteiger partial charge on any atom is 0.416 e. The first kappa shape index (κ1) is 62.3. The van der Waals surface area contributed by atoms with E-state index in [0.717, 1.165) is 46.3 Å². The van der Waals surface area contributed by atoms with Crippen molar-refractivity contribution >= 4 is 83.5 Å². The quantitative estimate of drug-likeness (QED) is 0.0390. The number of sulfonamides is 1.